The van der Waals surface area contributed by atoms with Gasteiger partial charge in [-0.05, 0) is 19.3 Å². The van der Waals surface area contributed by atoms with E-state index in [0.717, 1.165) is 23.1 Å². The van der Waals surface area contributed by atoms with Crippen molar-refractivity contribution in [2.24, 2.45) is 0 Å². The van der Waals surface area contributed by atoms with Gasteiger partial charge in [-0.1, -0.05) is 19.3 Å². The molecular weight excluding hydrogens is 318 g/mol. The molecule has 7 nitrogen and oxygen atoms in total. The minimum absolute atomic E-state index is 0.0665. The third-order valence-corrected chi connectivity index (χ3v) is 4.96. The molecule has 0 bridgehead atoms. The number of nitrogens with zero attached hydrogens (tertiary/aromatic N) is 3. The molecular formula is C18H23N5O2. The van der Waals surface area contributed by atoms with E-state index in [2.05, 4.69) is 25.6 Å². The molecule has 1 aliphatic carbocycles. The quantitative estimate of drug-likeness (QED) is 0.868. The average Bonchev–Trinajstić information content (AvgIpc) is 3.06. The van der Waals surface area contributed by atoms with Crippen LogP contribution in [0.25, 0.3) is 10.9 Å². The van der Waals surface area contributed by atoms with Crippen LogP contribution in [0.15, 0.2) is 18.6 Å². The van der Waals surface area contributed by atoms with Crippen LogP contribution in [0, 0.1) is 0 Å². The molecule has 1 saturated heterocycles. The maximum Gasteiger partial charge on any atom is 0.220 e. The van der Waals surface area contributed by atoms with Gasteiger partial charge in [-0.25, -0.2) is 15.0 Å². The Morgan fingerprint density at radius 1 is 1.16 bits per heavy atom. The summed E-state index contributed by atoms with van der Waals surface area (Å²) < 4.78 is 5.78. The molecule has 2 N–H and O–H groups in total. The first-order valence-electron chi connectivity index (χ1n) is 9.07. The number of hydrogen-bond donors (Lipinski definition) is 2. The van der Waals surface area contributed by atoms with E-state index in [4.69, 9.17) is 4.74 Å². The normalized spacial score (nSPS) is 21.3. The molecule has 3 heterocycles. The van der Waals surface area contributed by atoms with Gasteiger partial charge < -0.3 is 15.4 Å². The van der Waals surface area contributed by atoms with E-state index in [-0.39, 0.29) is 11.9 Å². The van der Waals surface area contributed by atoms with Crippen molar-refractivity contribution >= 4 is 22.6 Å². The Hall–Kier alpha value is -2.44. The number of ether oxygens (including phenoxy) is 1. The lowest BCUT2D eigenvalue weighted by molar-refractivity contribution is -0.119. The Morgan fingerprint density at radius 3 is 2.84 bits per heavy atom. The van der Waals surface area contributed by atoms with Crippen molar-refractivity contribution in [3.63, 3.8) is 0 Å². The Balaban J connectivity index is 1.49. The molecule has 0 spiro atoms. The van der Waals surface area contributed by atoms with Gasteiger partial charge in [0.1, 0.15) is 18.8 Å². The fourth-order valence-electron chi connectivity index (χ4n) is 3.56. The zero-order valence-electron chi connectivity index (χ0n) is 14.2. The third kappa shape index (κ3) is 3.81. The number of nitrogens with one attached hydrogen (secondary N) is 2. The first-order chi connectivity index (χ1) is 12.3. The smallest absolute Gasteiger partial charge is 0.220 e. The molecule has 4 rings (SSSR count). The van der Waals surface area contributed by atoms with Gasteiger partial charge in [-0.15, -0.1) is 0 Å². The zero-order chi connectivity index (χ0) is 17.1. The highest BCUT2D eigenvalue weighted by Crippen LogP contribution is 2.26. The Morgan fingerprint density at radius 2 is 2.04 bits per heavy atom. The van der Waals surface area contributed by atoms with Crippen LogP contribution in [0.5, 0.6) is 5.88 Å². The fraction of sp³-hybridized carbons (Fsp3) is 0.556. The summed E-state index contributed by atoms with van der Waals surface area (Å²) in [4.78, 5) is 24.3. The topological polar surface area (TPSA) is 89.0 Å². The second-order valence-corrected chi connectivity index (χ2v) is 6.86. The van der Waals surface area contributed by atoms with Crippen LogP contribution < -0.4 is 15.4 Å². The van der Waals surface area contributed by atoms with Crippen molar-refractivity contribution in [1.29, 1.82) is 0 Å². The highest BCUT2D eigenvalue weighted by molar-refractivity contribution is 5.89. The highest BCUT2D eigenvalue weighted by atomic mass is 16.5. The largest absolute Gasteiger partial charge is 0.475 e. The monoisotopic (exact) mass is 341 g/mol. The summed E-state index contributed by atoms with van der Waals surface area (Å²) in [5.41, 5.74) is 0.801. The van der Waals surface area contributed by atoms with E-state index in [0.29, 0.717) is 24.9 Å². The Labute approximate surface area is 146 Å². The van der Waals surface area contributed by atoms with E-state index in [1.807, 2.05) is 6.07 Å². The zero-order valence-corrected chi connectivity index (χ0v) is 14.2. The van der Waals surface area contributed by atoms with E-state index < -0.39 is 0 Å². The standard InChI is InChI=1S/C18H23N5O2/c24-16-7-6-13(22-16)10-25-17-8-14-15(9-19-17)20-11-21-18(14)23-12-4-2-1-3-5-12/h8-9,11-13H,1-7,10H2,(H,22,24)(H,20,21,23)/t13-/m0/s1. The molecule has 2 aliphatic rings. The molecule has 0 aromatic carbocycles. The van der Waals surface area contributed by atoms with Crippen LogP contribution >= 0.6 is 0 Å². The maximum atomic E-state index is 11.3. The lowest BCUT2D eigenvalue weighted by Gasteiger charge is -2.23. The highest BCUT2D eigenvalue weighted by Gasteiger charge is 2.21. The molecule has 25 heavy (non-hydrogen) atoms. The van der Waals surface area contributed by atoms with Gasteiger partial charge in [-0.3, -0.25) is 4.79 Å². The number of rotatable bonds is 5. The molecule has 0 unspecified atom stereocenters. The van der Waals surface area contributed by atoms with Gasteiger partial charge in [0.15, 0.2) is 0 Å². The van der Waals surface area contributed by atoms with Crippen molar-refractivity contribution < 1.29 is 9.53 Å². The van der Waals surface area contributed by atoms with Crippen molar-refractivity contribution in [2.75, 3.05) is 11.9 Å². The Bertz CT molecular complexity index is 760. The van der Waals surface area contributed by atoms with Crippen molar-refractivity contribution in [3.8, 4) is 5.88 Å². The van der Waals surface area contributed by atoms with Gasteiger partial charge in [-0.2, -0.15) is 0 Å². The van der Waals surface area contributed by atoms with Crippen LogP contribution in [0.3, 0.4) is 0 Å². The first kappa shape index (κ1) is 16.1. The van der Waals surface area contributed by atoms with E-state index >= 15 is 0 Å². The summed E-state index contributed by atoms with van der Waals surface area (Å²) in [5.74, 6) is 1.47. The lowest BCUT2D eigenvalue weighted by Crippen LogP contribution is -2.31. The number of hydrogen-bond acceptors (Lipinski definition) is 6. The minimum Gasteiger partial charge on any atom is -0.475 e. The molecule has 7 heteroatoms. The number of amides is 1. The predicted octanol–water partition coefficient (Wildman–Crippen LogP) is 2.43. The first-order valence-corrected chi connectivity index (χ1v) is 9.07. The molecule has 2 aromatic rings. The van der Waals surface area contributed by atoms with Gasteiger partial charge in [0.25, 0.3) is 0 Å². The van der Waals surface area contributed by atoms with Gasteiger partial charge in [0.2, 0.25) is 11.8 Å². The molecule has 2 aromatic heterocycles. The molecule has 1 saturated carbocycles. The van der Waals surface area contributed by atoms with Crippen molar-refractivity contribution in [2.45, 2.75) is 57.0 Å². The second-order valence-electron chi connectivity index (χ2n) is 6.86. The van der Waals surface area contributed by atoms with Crippen molar-refractivity contribution in [1.82, 2.24) is 20.3 Å². The summed E-state index contributed by atoms with van der Waals surface area (Å²) in [6.07, 6.45) is 10.9. The SMILES string of the molecule is O=C1CC[C@@H](COc2cc3c(NC4CCCCC4)ncnc3cn2)N1. The molecule has 2 fully saturated rings. The van der Waals surface area contributed by atoms with Crippen LogP contribution in [-0.4, -0.2) is 39.5 Å². The molecule has 1 aliphatic heterocycles. The summed E-state index contributed by atoms with van der Waals surface area (Å²) in [7, 11) is 0. The minimum atomic E-state index is 0.0665. The number of aromatic nitrogens is 3. The van der Waals surface area contributed by atoms with Gasteiger partial charge >= 0.3 is 0 Å². The molecule has 0 radical (unpaired) electrons. The summed E-state index contributed by atoms with van der Waals surface area (Å²) in [5, 5.41) is 7.39. The van der Waals surface area contributed by atoms with E-state index in [1.165, 1.54) is 32.1 Å². The van der Waals surface area contributed by atoms with Crippen LogP contribution in [-0.2, 0) is 4.79 Å². The average molecular weight is 341 g/mol. The van der Waals surface area contributed by atoms with Crippen molar-refractivity contribution in [3.05, 3.63) is 18.6 Å². The summed E-state index contributed by atoms with van der Waals surface area (Å²) in [6, 6.07) is 2.42. The summed E-state index contributed by atoms with van der Waals surface area (Å²) in [6.45, 7) is 0.434. The lowest BCUT2D eigenvalue weighted by atomic mass is 9.95. The van der Waals surface area contributed by atoms with Gasteiger partial charge in [0.05, 0.1) is 17.8 Å². The second kappa shape index (κ2) is 7.21. The van der Waals surface area contributed by atoms with Gasteiger partial charge in [0, 0.05) is 23.9 Å². The fourth-order valence-corrected chi connectivity index (χ4v) is 3.56. The number of carbonyl (C=O) groups excluding carboxylic acids is 1. The van der Waals surface area contributed by atoms with E-state index in [9.17, 15) is 4.79 Å². The number of pyridine rings is 1. The summed E-state index contributed by atoms with van der Waals surface area (Å²) >= 11 is 0. The predicted molar refractivity (Wildman–Crippen MR) is 94.5 cm³/mol. The number of anilines is 1. The molecule has 1 atom stereocenters. The maximum absolute atomic E-state index is 11.3. The Kier molecular flexibility index (Phi) is 4.63. The van der Waals surface area contributed by atoms with Crippen LogP contribution in [0.4, 0.5) is 5.82 Å². The van der Waals surface area contributed by atoms with Crippen LogP contribution in [0.1, 0.15) is 44.9 Å². The molecule has 132 valence electrons. The number of fused-ring (bicyclic) bond motifs is 1. The molecule has 1 amide bonds. The third-order valence-electron chi connectivity index (χ3n) is 4.96. The van der Waals surface area contributed by atoms with Crippen LogP contribution in [0.2, 0.25) is 0 Å². The number of carbonyl (C=O) groups is 1. The van der Waals surface area contributed by atoms with E-state index in [1.54, 1.807) is 12.5 Å².